The number of aromatic nitrogens is 4. The van der Waals surface area contributed by atoms with Crippen molar-refractivity contribution in [2.45, 2.75) is 31.8 Å². The van der Waals surface area contributed by atoms with Gasteiger partial charge in [0, 0.05) is 37.1 Å². The van der Waals surface area contributed by atoms with Crippen LogP contribution in [-0.2, 0) is 9.53 Å². The number of nitrogen functional groups attached to an aromatic ring is 1. The van der Waals surface area contributed by atoms with Gasteiger partial charge in [-0.15, -0.1) is 0 Å². The van der Waals surface area contributed by atoms with E-state index in [-0.39, 0.29) is 41.0 Å². The number of carbonyl (C=O) groups is 1. The van der Waals surface area contributed by atoms with E-state index < -0.39 is 5.54 Å². The van der Waals surface area contributed by atoms with E-state index in [1.54, 1.807) is 39.8 Å². The average Bonchev–Trinajstić information content (AvgIpc) is 3.58. The Hall–Kier alpha value is -4.99. The van der Waals surface area contributed by atoms with E-state index in [0.717, 1.165) is 26.3 Å². The molecule has 12 heteroatoms. The molecule has 1 atom stereocenters. The van der Waals surface area contributed by atoms with E-state index in [1.165, 1.54) is 10.9 Å². The van der Waals surface area contributed by atoms with Gasteiger partial charge in [0.25, 0.3) is 5.91 Å². The van der Waals surface area contributed by atoms with Crippen LogP contribution in [0.25, 0.3) is 16.9 Å². The summed E-state index contributed by atoms with van der Waals surface area (Å²) < 4.78 is 14.4. The Balaban J connectivity index is 1.14. The molecule has 3 fully saturated rings. The van der Waals surface area contributed by atoms with Gasteiger partial charge in [0.15, 0.2) is 11.5 Å². The molecule has 4 aromatic rings. The Morgan fingerprint density at radius 3 is 2.49 bits per heavy atom. The molecule has 1 amide bonds. The monoisotopic (exact) mass is 606 g/mol. The number of benzene rings is 2. The number of nitrogens with two attached hydrogens (primary N) is 1. The van der Waals surface area contributed by atoms with Crippen molar-refractivity contribution in [1.82, 2.24) is 28.9 Å². The van der Waals surface area contributed by atoms with E-state index in [0.29, 0.717) is 41.3 Å². The Bertz CT molecular complexity index is 1890. The van der Waals surface area contributed by atoms with Gasteiger partial charge in [-0.1, -0.05) is 18.2 Å². The first kappa shape index (κ1) is 28.8. The van der Waals surface area contributed by atoms with Gasteiger partial charge in [-0.05, 0) is 62.7 Å². The fourth-order valence-corrected chi connectivity index (χ4v) is 6.56. The minimum absolute atomic E-state index is 0.102. The number of anilines is 1. The van der Waals surface area contributed by atoms with Gasteiger partial charge in [0.2, 0.25) is 0 Å². The van der Waals surface area contributed by atoms with Crippen molar-refractivity contribution in [2.24, 2.45) is 5.41 Å². The van der Waals surface area contributed by atoms with Crippen LogP contribution in [0.15, 0.2) is 77.4 Å². The maximum absolute atomic E-state index is 14.0. The largest absolute Gasteiger partial charge is 0.457 e. The molecule has 3 aliphatic rings. The molecule has 7 rings (SSSR count). The van der Waals surface area contributed by atoms with E-state index >= 15 is 0 Å². The van der Waals surface area contributed by atoms with Crippen molar-refractivity contribution in [3.05, 3.63) is 83.1 Å². The Kier molecular flexibility index (Phi) is 6.95. The zero-order valence-corrected chi connectivity index (χ0v) is 25.2. The normalized spacial score (nSPS) is 19.7. The molecule has 0 aliphatic carbocycles. The topological polar surface area (TPSA) is 145 Å². The van der Waals surface area contributed by atoms with Crippen LogP contribution in [-0.4, -0.2) is 79.7 Å². The molecular weight excluding hydrogens is 572 g/mol. The zero-order valence-electron chi connectivity index (χ0n) is 25.2. The molecule has 5 heterocycles. The fourth-order valence-electron chi connectivity index (χ4n) is 6.56. The van der Waals surface area contributed by atoms with Crippen LogP contribution in [0.5, 0.6) is 11.5 Å². The number of imidazole rings is 1. The van der Waals surface area contributed by atoms with E-state index in [9.17, 15) is 14.9 Å². The first-order valence-electron chi connectivity index (χ1n) is 15.0. The van der Waals surface area contributed by atoms with Crippen LogP contribution in [0.2, 0.25) is 0 Å². The number of hydrogen-bond donors (Lipinski definition) is 1. The molecule has 230 valence electrons. The highest BCUT2D eigenvalue weighted by molar-refractivity contribution is 5.97. The number of amides is 1. The number of carbonyl (C=O) groups excluding carboxylic acids is 1. The summed E-state index contributed by atoms with van der Waals surface area (Å²) in [6.07, 6.45) is 3.63. The number of ether oxygens (including phenoxy) is 2. The Labute approximate surface area is 259 Å². The number of nitrogens with zero attached hydrogens (tertiary/aromatic N) is 7. The first-order chi connectivity index (χ1) is 21.7. The lowest BCUT2D eigenvalue weighted by Gasteiger charge is -2.59. The van der Waals surface area contributed by atoms with Crippen LogP contribution in [0.1, 0.15) is 26.3 Å². The molecule has 0 unspecified atom stereocenters. The van der Waals surface area contributed by atoms with Crippen molar-refractivity contribution in [1.29, 1.82) is 5.26 Å². The van der Waals surface area contributed by atoms with Crippen LogP contribution in [0.3, 0.4) is 0 Å². The van der Waals surface area contributed by atoms with Gasteiger partial charge in [-0.25, -0.2) is 14.8 Å². The van der Waals surface area contributed by atoms with E-state index in [1.807, 2.05) is 44.2 Å². The molecule has 0 saturated carbocycles. The predicted molar refractivity (Wildman–Crippen MR) is 167 cm³/mol. The van der Waals surface area contributed by atoms with Gasteiger partial charge in [-0.2, -0.15) is 5.26 Å². The third-order valence-corrected chi connectivity index (χ3v) is 9.10. The van der Waals surface area contributed by atoms with Crippen LogP contribution >= 0.6 is 0 Å². The van der Waals surface area contributed by atoms with E-state index in [2.05, 4.69) is 20.9 Å². The summed E-state index contributed by atoms with van der Waals surface area (Å²) in [4.78, 5) is 40.1. The van der Waals surface area contributed by atoms with Gasteiger partial charge in [0.05, 0.1) is 24.9 Å². The van der Waals surface area contributed by atoms with Gasteiger partial charge in [0.1, 0.15) is 35.0 Å². The third-order valence-electron chi connectivity index (χ3n) is 9.10. The van der Waals surface area contributed by atoms with Crippen molar-refractivity contribution in [2.75, 3.05) is 45.1 Å². The first-order valence-corrected chi connectivity index (χ1v) is 15.0. The van der Waals surface area contributed by atoms with Crippen LogP contribution in [0.4, 0.5) is 5.82 Å². The maximum Gasteiger partial charge on any atom is 0.335 e. The third kappa shape index (κ3) is 5.04. The van der Waals surface area contributed by atoms with Crippen molar-refractivity contribution < 1.29 is 14.3 Å². The predicted octanol–water partition coefficient (Wildman–Crippen LogP) is 3.29. The molecule has 2 N–H and O–H groups in total. The Morgan fingerprint density at radius 2 is 1.82 bits per heavy atom. The molecule has 2 aromatic heterocycles. The summed E-state index contributed by atoms with van der Waals surface area (Å²) in [5, 5.41) is 9.98. The summed E-state index contributed by atoms with van der Waals surface area (Å²) in [5.41, 5.74) is 7.20. The highest BCUT2D eigenvalue weighted by Crippen LogP contribution is 2.42. The van der Waals surface area contributed by atoms with Gasteiger partial charge in [-0.3, -0.25) is 18.8 Å². The summed E-state index contributed by atoms with van der Waals surface area (Å²) in [5.74, 6) is 1.15. The molecule has 0 bridgehead atoms. The maximum atomic E-state index is 14.0. The van der Waals surface area contributed by atoms with Gasteiger partial charge >= 0.3 is 5.69 Å². The fraction of sp³-hybridized carbons (Fsp3) is 0.364. The van der Waals surface area contributed by atoms with Crippen molar-refractivity contribution in [3.63, 3.8) is 0 Å². The number of hydrogen-bond acceptors (Lipinski definition) is 9. The molecule has 0 radical (unpaired) electrons. The molecule has 12 nitrogen and oxygen atoms in total. The SMILES string of the molecule is CC(C)(C=C(C#N)C(=O)N1CC[C@H](n2c(=O)n(-c3ccc(Oc4ccccc4)cc3)c3c(N)ncnc32)C1)N1CC2(COC2)C1. The summed E-state index contributed by atoms with van der Waals surface area (Å²) in [7, 11) is 0. The smallest absolute Gasteiger partial charge is 0.335 e. The second-order valence-corrected chi connectivity index (χ2v) is 12.7. The second kappa shape index (κ2) is 10.9. The number of likely N-dealkylation sites (tertiary alicyclic amines) is 2. The minimum Gasteiger partial charge on any atom is -0.457 e. The number of para-hydroxylation sites is 1. The Morgan fingerprint density at radius 1 is 1.11 bits per heavy atom. The van der Waals surface area contributed by atoms with Crippen molar-refractivity contribution >= 4 is 22.9 Å². The zero-order chi connectivity index (χ0) is 31.3. The number of fused-ring (bicyclic) bond motifs is 1. The summed E-state index contributed by atoms with van der Waals surface area (Å²) >= 11 is 0. The second-order valence-electron chi connectivity index (χ2n) is 12.7. The molecule has 1 spiro atoms. The molecule has 3 aliphatic heterocycles. The van der Waals surface area contributed by atoms with Crippen LogP contribution < -0.4 is 16.2 Å². The van der Waals surface area contributed by atoms with Gasteiger partial charge < -0.3 is 20.1 Å². The minimum atomic E-state index is -0.457. The molecule has 45 heavy (non-hydrogen) atoms. The molecular formula is C33H34N8O4. The van der Waals surface area contributed by atoms with E-state index in [4.69, 9.17) is 15.2 Å². The molecule has 2 aromatic carbocycles. The average molecular weight is 607 g/mol. The highest BCUT2D eigenvalue weighted by atomic mass is 16.5. The lowest BCUT2D eigenvalue weighted by atomic mass is 9.75. The van der Waals surface area contributed by atoms with Crippen molar-refractivity contribution in [3.8, 4) is 23.3 Å². The van der Waals surface area contributed by atoms with Crippen LogP contribution in [0, 0.1) is 16.7 Å². The number of rotatable bonds is 7. The lowest BCUT2D eigenvalue weighted by molar-refractivity contribution is -0.204. The standard InChI is InChI=1S/C33H34N8O4/c1-32(2,39-17-33(18-39)19-44-20-33)14-22(15-34)30(42)38-13-12-24(16-38)41-29-27(28(35)36-21-37-29)40(31(41)43)23-8-10-26(11-9-23)45-25-6-4-3-5-7-25/h3-11,14,21,24H,12-13,16-20H2,1-2H3,(H2,35,36,37)/t24-/m0/s1. The molecule has 3 saturated heterocycles. The summed E-state index contributed by atoms with van der Waals surface area (Å²) in [6, 6.07) is 18.3. The highest BCUT2D eigenvalue weighted by Gasteiger charge is 2.52. The lowest BCUT2D eigenvalue weighted by Crippen LogP contribution is -2.70. The quantitative estimate of drug-likeness (QED) is 0.247. The number of nitriles is 1. The summed E-state index contributed by atoms with van der Waals surface area (Å²) in [6.45, 7) is 8.01.